The molecule has 0 spiro atoms. The quantitative estimate of drug-likeness (QED) is 0.580. The van der Waals surface area contributed by atoms with Gasteiger partial charge in [0.15, 0.2) is 5.69 Å². The van der Waals surface area contributed by atoms with Gasteiger partial charge in [0, 0.05) is 5.39 Å². The molecule has 0 aliphatic heterocycles. The highest BCUT2D eigenvalue weighted by Gasteiger charge is 2.39. The summed E-state index contributed by atoms with van der Waals surface area (Å²) in [5.41, 5.74) is -2.78. The molecule has 6 heteroatoms. The first-order valence-electron chi connectivity index (χ1n) is 7.71. The van der Waals surface area contributed by atoms with Crippen molar-refractivity contribution < 1.29 is 23.1 Å². The number of pyridine rings is 1. The number of nitrogens with zero attached hydrogens (tertiary/aromatic N) is 1. The fourth-order valence-corrected chi connectivity index (χ4v) is 2.54. The Balaban J connectivity index is 0.000000316. The molecule has 0 amide bonds. The molecule has 3 rings (SSSR count). The van der Waals surface area contributed by atoms with Crippen molar-refractivity contribution in [1.29, 1.82) is 0 Å². The number of carboxylic acids is 1. The molecule has 0 saturated carbocycles. The molecule has 1 heterocycles. The molecule has 2 aromatic rings. The number of hydrogen-bond acceptors (Lipinski definition) is 2. The first kappa shape index (κ1) is 18.5. The van der Waals surface area contributed by atoms with E-state index < -0.39 is 23.4 Å². The van der Waals surface area contributed by atoms with E-state index in [1.54, 1.807) is 6.07 Å². The lowest BCUT2D eigenvalue weighted by atomic mass is 10.0. The van der Waals surface area contributed by atoms with Gasteiger partial charge in [0.25, 0.3) is 0 Å². The third kappa shape index (κ3) is 4.38. The number of benzene rings is 1. The summed E-state index contributed by atoms with van der Waals surface area (Å²) in [5, 5.41) is 9.17. The molecule has 3 nitrogen and oxygen atoms in total. The SMILES string of the molecule is C#Cc1c(C(=O)O)c(C(F)(F)F)nc2ccccc12.C1=CCCCC1. The van der Waals surface area contributed by atoms with Gasteiger partial charge < -0.3 is 5.11 Å². The van der Waals surface area contributed by atoms with E-state index in [0.29, 0.717) is 0 Å². The Morgan fingerprint density at radius 2 is 1.76 bits per heavy atom. The lowest BCUT2D eigenvalue weighted by molar-refractivity contribution is -0.141. The van der Waals surface area contributed by atoms with Crippen molar-refractivity contribution in [2.45, 2.75) is 31.9 Å². The standard InChI is InChI=1S/C13H6F3NO2.C6H10/c1-2-7-8-5-3-4-6-9(8)17-11(13(14,15)16)10(7)12(18)19;1-2-4-6-5-3-1/h1,3-6H,(H,18,19);1-2H,3-6H2. The Kier molecular flexibility index (Phi) is 5.81. The fraction of sp³-hybridized carbons (Fsp3) is 0.263. The second-order valence-electron chi connectivity index (χ2n) is 5.43. The van der Waals surface area contributed by atoms with E-state index in [1.807, 2.05) is 5.92 Å². The van der Waals surface area contributed by atoms with Gasteiger partial charge in [-0.2, -0.15) is 13.2 Å². The van der Waals surface area contributed by atoms with Crippen molar-refractivity contribution in [2.75, 3.05) is 0 Å². The van der Waals surface area contributed by atoms with Crippen LogP contribution in [0, 0.1) is 12.3 Å². The molecule has 1 aliphatic rings. The molecule has 0 unspecified atom stereocenters. The molecule has 0 fully saturated rings. The topological polar surface area (TPSA) is 50.2 Å². The largest absolute Gasteiger partial charge is 0.478 e. The number of halogens is 3. The molecule has 0 atom stereocenters. The minimum Gasteiger partial charge on any atom is -0.478 e. The zero-order valence-electron chi connectivity index (χ0n) is 13.3. The van der Waals surface area contributed by atoms with Gasteiger partial charge in [0.1, 0.15) is 5.56 Å². The van der Waals surface area contributed by atoms with Gasteiger partial charge in [-0.25, -0.2) is 9.78 Å². The first-order chi connectivity index (χ1) is 11.9. The average Bonchev–Trinajstić information content (AvgIpc) is 2.61. The molecule has 1 aromatic carbocycles. The van der Waals surface area contributed by atoms with E-state index in [4.69, 9.17) is 11.5 Å². The second-order valence-corrected chi connectivity index (χ2v) is 5.43. The van der Waals surface area contributed by atoms with Crippen molar-refractivity contribution in [3.8, 4) is 12.3 Å². The third-order valence-corrected chi connectivity index (χ3v) is 3.68. The zero-order chi connectivity index (χ0) is 18.4. The lowest BCUT2D eigenvalue weighted by Gasteiger charge is -2.13. The van der Waals surface area contributed by atoms with Gasteiger partial charge in [-0.1, -0.05) is 36.3 Å². The van der Waals surface area contributed by atoms with E-state index >= 15 is 0 Å². The number of hydrogen-bond donors (Lipinski definition) is 1. The van der Waals surface area contributed by atoms with Crippen molar-refractivity contribution in [3.05, 3.63) is 53.2 Å². The number of aromatic carboxylic acids is 1. The molecular formula is C19H16F3NO2. The maximum absolute atomic E-state index is 12.9. The van der Waals surface area contributed by atoms with Gasteiger partial charge in [-0.05, 0) is 31.7 Å². The highest BCUT2D eigenvalue weighted by atomic mass is 19.4. The number of carboxylic acid groups (broad SMARTS) is 1. The summed E-state index contributed by atoms with van der Waals surface area (Å²) in [4.78, 5) is 14.4. The van der Waals surface area contributed by atoms with Gasteiger partial charge in [0.05, 0.1) is 11.1 Å². The minimum absolute atomic E-state index is 0.00720. The predicted octanol–water partition coefficient (Wildman–Crippen LogP) is 5.05. The Labute approximate surface area is 143 Å². The highest BCUT2D eigenvalue weighted by Crippen LogP contribution is 2.34. The second kappa shape index (κ2) is 7.84. The van der Waals surface area contributed by atoms with Gasteiger partial charge in [-0.15, -0.1) is 6.42 Å². The average molecular weight is 347 g/mol. The monoisotopic (exact) mass is 347 g/mol. The van der Waals surface area contributed by atoms with Crippen LogP contribution in [0.5, 0.6) is 0 Å². The van der Waals surface area contributed by atoms with Crippen molar-refractivity contribution in [3.63, 3.8) is 0 Å². The number of rotatable bonds is 1. The summed E-state index contributed by atoms with van der Waals surface area (Å²) in [6, 6.07) is 5.82. The lowest BCUT2D eigenvalue weighted by Crippen LogP contribution is -2.17. The van der Waals surface area contributed by atoms with Crippen LogP contribution in [0.25, 0.3) is 10.9 Å². The molecule has 0 bridgehead atoms. The Bertz CT molecular complexity index is 840. The van der Waals surface area contributed by atoms with E-state index in [9.17, 15) is 18.0 Å². The van der Waals surface area contributed by atoms with Crippen LogP contribution in [0.4, 0.5) is 13.2 Å². The van der Waals surface area contributed by atoms with Crippen molar-refractivity contribution in [2.24, 2.45) is 0 Å². The Morgan fingerprint density at radius 1 is 1.16 bits per heavy atom. The van der Waals surface area contributed by atoms with Crippen molar-refractivity contribution in [1.82, 2.24) is 4.98 Å². The summed E-state index contributed by atoms with van der Waals surface area (Å²) in [6.07, 6.45) is 10.3. The molecule has 0 saturated heterocycles. The van der Waals surface area contributed by atoms with Gasteiger partial charge in [0.2, 0.25) is 0 Å². The number of para-hydroxylation sites is 1. The normalized spacial score (nSPS) is 13.7. The van der Waals surface area contributed by atoms with Crippen LogP contribution in [0.3, 0.4) is 0 Å². The number of fused-ring (bicyclic) bond motifs is 1. The number of alkyl halides is 3. The van der Waals surface area contributed by atoms with Crippen LogP contribution < -0.4 is 0 Å². The molecule has 130 valence electrons. The Hall–Kier alpha value is -2.81. The minimum atomic E-state index is -4.89. The number of aromatic nitrogens is 1. The maximum Gasteiger partial charge on any atom is 0.434 e. The number of carbonyl (C=O) groups is 1. The molecule has 0 radical (unpaired) electrons. The number of allylic oxidation sites excluding steroid dienone is 2. The maximum atomic E-state index is 12.9. The van der Waals surface area contributed by atoms with Crippen LogP contribution in [0.2, 0.25) is 0 Å². The molecule has 1 N–H and O–H groups in total. The van der Waals surface area contributed by atoms with E-state index in [0.717, 1.165) is 0 Å². The summed E-state index contributed by atoms with van der Waals surface area (Å²) >= 11 is 0. The summed E-state index contributed by atoms with van der Waals surface area (Å²) in [6.45, 7) is 0. The summed E-state index contributed by atoms with van der Waals surface area (Å²) < 4.78 is 38.6. The summed E-state index contributed by atoms with van der Waals surface area (Å²) in [7, 11) is 0. The number of terminal acetylenes is 1. The van der Waals surface area contributed by atoms with E-state index in [1.165, 1.54) is 43.9 Å². The Morgan fingerprint density at radius 3 is 2.20 bits per heavy atom. The fourth-order valence-electron chi connectivity index (χ4n) is 2.54. The van der Waals surface area contributed by atoms with E-state index in [2.05, 4.69) is 17.1 Å². The zero-order valence-corrected chi connectivity index (χ0v) is 13.3. The van der Waals surface area contributed by atoms with Gasteiger partial charge >= 0.3 is 12.1 Å². The first-order valence-corrected chi connectivity index (χ1v) is 7.71. The predicted molar refractivity (Wildman–Crippen MR) is 89.2 cm³/mol. The molecule has 1 aromatic heterocycles. The highest BCUT2D eigenvalue weighted by molar-refractivity contribution is 5.99. The van der Waals surface area contributed by atoms with Crippen LogP contribution in [-0.4, -0.2) is 16.1 Å². The van der Waals surface area contributed by atoms with Crippen LogP contribution in [0.15, 0.2) is 36.4 Å². The molecule has 1 aliphatic carbocycles. The molecule has 25 heavy (non-hydrogen) atoms. The van der Waals surface area contributed by atoms with Crippen molar-refractivity contribution >= 4 is 16.9 Å². The molecular weight excluding hydrogens is 331 g/mol. The van der Waals surface area contributed by atoms with Crippen LogP contribution in [0.1, 0.15) is 47.3 Å². The third-order valence-electron chi connectivity index (χ3n) is 3.68. The van der Waals surface area contributed by atoms with Crippen LogP contribution >= 0.6 is 0 Å². The smallest absolute Gasteiger partial charge is 0.434 e. The van der Waals surface area contributed by atoms with Gasteiger partial charge in [-0.3, -0.25) is 0 Å². The van der Waals surface area contributed by atoms with E-state index in [-0.39, 0.29) is 16.5 Å². The summed E-state index contributed by atoms with van der Waals surface area (Å²) in [5.74, 6) is 0.260. The van der Waals surface area contributed by atoms with Crippen LogP contribution in [-0.2, 0) is 6.18 Å².